The third-order valence-electron chi connectivity index (χ3n) is 6.51. The predicted molar refractivity (Wildman–Crippen MR) is 138 cm³/mol. The Morgan fingerprint density at radius 1 is 1.11 bits per heavy atom. The SMILES string of the molecule is Cc1ccc(S(=O)(=O)N(CC(=O)N2CCc3sccc3C2COc2ccc(Cl)cc2)C2CC2)cc1. The zero-order chi connectivity index (χ0) is 24.6. The minimum atomic E-state index is -3.77. The molecule has 9 heteroatoms. The van der Waals surface area contributed by atoms with Gasteiger partial charge in [-0.2, -0.15) is 4.31 Å². The number of hydrogen-bond donors (Lipinski definition) is 0. The van der Waals surface area contributed by atoms with E-state index in [2.05, 4.69) is 0 Å². The Morgan fingerprint density at radius 2 is 1.83 bits per heavy atom. The monoisotopic (exact) mass is 530 g/mol. The molecule has 0 bridgehead atoms. The third-order valence-corrected chi connectivity index (χ3v) is 9.67. The highest BCUT2D eigenvalue weighted by atomic mass is 35.5. The molecule has 6 nitrogen and oxygen atoms in total. The van der Waals surface area contributed by atoms with Crippen molar-refractivity contribution in [3.63, 3.8) is 0 Å². The van der Waals surface area contributed by atoms with Gasteiger partial charge in [0.2, 0.25) is 15.9 Å². The molecule has 2 heterocycles. The van der Waals surface area contributed by atoms with Crippen molar-refractivity contribution in [2.45, 2.75) is 43.2 Å². The van der Waals surface area contributed by atoms with Crippen molar-refractivity contribution < 1.29 is 17.9 Å². The number of rotatable bonds is 8. The molecule has 3 aromatic rings. The molecule has 184 valence electrons. The molecule has 1 aliphatic heterocycles. The summed E-state index contributed by atoms with van der Waals surface area (Å²) < 4.78 is 34.3. The maximum Gasteiger partial charge on any atom is 0.243 e. The second-order valence-corrected chi connectivity index (χ2v) is 12.3. The van der Waals surface area contributed by atoms with Crippen LogP contribution in [0, 0.1) is 6.92 Å². The van der Waals surface area contributed by atoms with Crippen molar-refractivity contribution in [2.24, 2.45) is 0 Å². The lowest BCUT2D eigenvalue weighted by molar-refractivity contribution is -0.135. The largest absolute Gasteiger partial charge is 0.491 e. The summed E-state index contributed by atoms with van der Waals surface area (Å²) in [5.74, 6) is 0.472. The summed E-state index contributed by atoms with van der Waals surface area (Å²) in [7, 11) is -3.77. The summed E-state index contributed by atoms with van der Waals surface area (Å²) in [6.45, 7) is 2.56. The van der Waals surface area contributed by atoms with Crippen LogP contribution in [0.5, 0.6) is 5.75 Å². The Kier molecular flexibility index (Phi) is 6.90. The fraction of sp³-hybridized carbons (Fsp3) is 0.346. The average Bonchev–Trinajstić information content (AvgIpc) is 3.57. The van der Waals surface area contributed by atoms with Crippen LogP contribution in [0.1, 0.15) is 34.9 Å². The van der Waals surface area contributed by atoms with Crippen LogP contribution < -0.4 is 4.74 Å². The van der Waals surface area contributed by atoms with Crippen LogP contribution in [-0.4, -0.2) is 49.3 Å². The van der Waals surface area contributed by atoms with Crippen molar-refractivity contribution in [1.82, 2.24) is 9.21 Å². The molecule has 1 fully saturated rings. The number of sulfonamides is 1. The molecular formula is C26H27ClN2O4S2. The first-order valence-electron chi connectivity index (χ1n) is 11.7. The molecule has 0 N–H and O–H groups in total. The van der Waals surface area contributed by atoms with Gasteiger partial charge in [-0.3, -0.25) is 4.79 Å². The van der Waals surface area contributed by atoms with Crippen LogP contribution >= 0.6 is 22.9 Å². The number of carbonyl (C=O) groups excluding carboxylic acids is 1. The third kappa shape index (κ3) is 5.26. The number of hydrogen-bond acceptors (Lipinski definition) is 5. The van der Waals surface area contributed by atoms with Crippen molar-refractivity contribution in [3.8, 4) is 5.75 Å². The fourth-order valence-electron chi connectivity index (χ4n) is 4.42. The molecule has 0 spiro atoms. The molecule has 1 aliphatic carbocycles. The molecule has 5 rings (SSSR count). The van der Waals surface area contributed by atoms with E-state index < -0.39 is 10.0 Å². The second kappa shape index (κ2) is 9.93. The van der Waals surface area contributed by atoms with Crippen molar-refractivity contribution in [2.75, 3.05) is 19.7 Å². The first-order valence-corrected chi connectivity index (χ1v) is 14.4. The van der Waals surface area contributed by atoms with Crippen molar-refractivity contribution in [1.29, 1.82) is 0 Å². The number of fused-ring (bicyclic) bond motifs is 1. The zero-order valence-corrected chi connectivity index (χ0v) is 21.8. The lowest BCUT2D eigenvalue weighted by atomic mass is 10.0. The van der Waals surface area contributed by atoms with E-state index in [-0.39, 0.29) is 36.0 Å². The molecule has 1 atom stereocenters. The number of halogens is 1. The Balaban J connectivity index is 1.37. The highest BCUT2D eigenvalue weighted by Crippen LogP contribution is 2.36. The number of thiophene rings is 1. The summed E-state index contributed by atoms with van der Waals surface area (Å²) in [6.07, 6.45) is 2.30. The van der Waals surface area contributed by atoms with Gasteiger partial charge in [-0.1, -0.05) is 29.3 Å². The molecule has 1 saturated carbocycles. The van der Waals surface area contributed by atoms with Gasteiger partial charge in [0.05, 0.1) is 17.5 Å². The highest BCUT2D eigenvalue weighted by Gasteiger charge is 2.41. The molecule has 2 aliphatic rings. The molecule has 1 aromatic heterocycles. The maximum absolute atomic E-state index is 13.6. The lowest BCUT2D eigenvalue weighted by Crippen LogP contribution is -2.48. The van der Waals surface area contributed by atoms with Crippen LogP contribution in [0.3, 0.4) is 0 Å². The van der Waals surface area contributed by atoms with Crippen LogP contribution in [-0.2, 0) is 21.2 Å². The quantitative estimate of drug-likeness (QED) is 0.408. The smallest absolute Gasteiger partial charge is 0.243 e. The van der Waals surface area contributed by atoms with Gasteiger partial charge in [0, 0.05) is 22.5 Å². The second-order valence-electron chi connectivity index (χ2n) is 9.01. The number of ether oxygens (including phenoxy) is 1. The van der Waals surface area contributed by atoms with Gasteiger partial charge in [0.25, 0.3) is 0 Å². The Labute approximate surface area is 215 Å². The van der Waals surface area contributed by atoms with E-state index in [4.69, 9.17) is 16.3 Å². The summed E-state index contributed by atoms with van der Waals surface area (Å²) >= 11 is 7.67. The van der Waals surface area contributed by atoms with E-state index in [1.54, 1.807) is 64.8 Å². The van der Waals surface area contributed by atoms with E-state index in [1.165, 1.54) is 9.18 Å². The minimum Gasteiger partial charge on any atom is -0.491 e. The topological polar surface area (TPSA) is 66.9 Å². The lowest BCUT2D eigenvalue weighted by Gasteiger charge is -2.37. The first-order chi connectivity index (χ1) is 16.8. The fourth-order valence-corrected chi connectivity index (χ4v) is 7.11. The van der Waals surface area contributed by atoms with E-state index in [0.29, 0.717) is 17.3 Å². The van der Waals surface area contributed by atoms with Crippen LogP contribution in [0.4, 0.5) is 0 Å². The van der Waals surface area contributed by atoms with E-state index in [0.717, 1.165) is 30.4 Å². The van der Waals surface area contributed by atoms with Crippen molar-refractivity contribution >= 4 is 38.9 Å². The van der Waals surface area contributed by atoms with E-state index in [1.807, 2.05) is 18.4 Å². The van der Waals surface area contributed by atoms with Gasteiger partial charge >= 0.3 is 0 Å². The number of benzene rings is 2. The maximum atomic E-state index is 13.6. The molecule has 0 radical (unpaired) electrons. The molecular weight excluding hydrogens is 504 g/mol. The van der Waals surface area contributed by atoms with Gasteiger partial charge in [0.15, 0.2) is 0 Å². The van der Waals surface area contributed by atoms with Crippen LogP contribution in [0.25, 0.3) is 0 Å². The standard InChI is InChI=1S/C26H27ClN2O4S2/c1-18-2-10-22(11-3-18)35(31,32)29(20-6-7-20)16-26(30)28-14-12-25-23(13-15-34-25)24(28)17-33-21-8-4-19(27)5-9-21/h2-5,8-11,13,15,20,24H,6-7,12,14,16-17H2,1H3. The number of nitrogens with zero attached hydrogens (tertiary/aromatic N) is 2. The van der Waals surface area contributed by atoms with Crippen LogP contribution in [0.2, 0.25) is 5.02 Å². The van der Waals surface area contributed by atoms with Gasteiger partial charge in [-0.25, -0.2) is 8.42 Å². The molecule has 1 amide bonds. The minimum absolute atomic E-state index is 0.129. The summed E-state index contributed by atoms with van der Waals surface area (Å²) in [4.78, 5) is 16.9. The zero-order valence-electron chi connectivity index (χ0n) is 19.4. The number of aryl methyl sites for hydroxylation is 1. The molecule has 2 aromatic carbocycles. The molecule has 1 unspecified atom stereocenters. The predicted octanol–water partition coefficient (Wildman–Crippen LogP) is 5.07. The van der Waals surface area contributed by atoms with Gasteiger partial charge in [-0.05, 0) is 79.6 Å². The summed E-state index contributed by atoms with van der Waals surface area (Å²) in [5, 5.41) is 2.66. The van der Waals surface area contributed by atoms with E-state index >= 15 is 0 Å². The van der Waals surface area contributed by atoms with Gasteiger partial charge in [-0.15, -0.1) is 11.3 Å². The average molecular weight is 531 g/mol. The van der Waals surface area contributed by atoms with Gasteiger partial charge < -0.3 is 9.64 Å². The van der Waals surface area contributed by atoms with E-state index in [9.17, 15) is 13.2 Å². The molecule has 0 saturated heterocycles. The molecule has 35 heavy (non-hydrogen) atoms. The van der Waals surface area contributed by atoms with Crippen LogP contribution in [0.15, 0.2) is 64.9 Å². The highest BCUT2D eigenvalue weighted by molar-refractivity contribution is 7.89. The summed E-state index contributed by atoms with van der Waals surface area (Å²) in [5.41, 5.74) is 2.06. The van der Waals surface area contributed by atoms with Crippen molar-refractivity contribution in [3.05, 3.63) is 81.0 Å². The summed E-state index contributed by atoms with van der Waals surface area (Å²) in [6, 6.07) is 15.6. The van der Waals surface area contributed by atoms with Gasteiger partial charge in [0.1, 0.15) is 12.4 Å². The first kappa shape index (κ1) is 24.3. The normalized spacial score (nSPS) is 17.9. The number of amides is 1. The Hall–Kier alpha value is -2.39. The Bertz CT molecular complexity index is 1300. The Morgan fingerprint density at radius 3 is 2.51 bits per heavy atom. The number of carbonyl (C=O) groups is 1.